The van der Waals surface area contributed by atoms with E-state index in [2.05, 4.69) is 45.4 Å². The normalized spacial score (nSPS) is 13.0. The summed E-state index contributed by atoms with van der Waals surface area (Å²) in [4.78, 5) is 17.2. The number of fused-ring (bicyclic) bond motifs is 1. The molecule has 3 aromatic rings. The van der Waals surface area contributed by atoms with E-state index in [1.807, 2.05) is 46.9 Å². The number of imidazole rings is 1. The molecule has 1 aromatic carbocycles. The Morgan fingerprint density at radius 3 is 2.48 bits per heavy atom. The number of carbonyl (C=O) groups excluding carboxylic acids is 1. The fourth-order valence-electron chi connectivity index (χ4n) is 2.83. The Labute approximate surface area is 148 Å². The summed E-state index contributed by atoms with van der Waals surface area (Å²) in [6.45, 7) is 8.55. The van der Waals surface area contributed by atoms with Crippen LogP contribution in [-0.2, 0) is 5.41 Å². The van der Waals surface area contributed by atoms with Crippen LogP contribution in [0.2, 0.25) is 0 Å². The zero-order valence-electron chi connectivity index (χ0n) is 15.3. The molecular weight excluding hydrogens is 310 g/mol. The van der Waals surface area contributed by atoms with Gasteiger partial charge < -0.3 is 9.72 Å². The highest BCUT2D eigenvalue weighted by atomic mass is 16.1. The van der Waals surface area contributed by atoms with E-state index in [1.54, 1.807) is 0 Å². The molecule has 0 saturated carbocycles. The molecule has 0 unspecified atom stereocenters. The summed E-state index contributed by atoms with van der Waals surface area (Å²) in [5.41, 5.74) is 3.76. The van der Waals surface area contributed by atoms with E-state index in [9.17, 15) is 4.79 Å². The second-order valence-electron chi connectivity index (χ2n) is 7.40. The average Bonchev–Trinajstić information content (AvgIpc) is 3.04. The van der Waals surface area contributed by atoms with Gasteiger partial charge in [0.2, 0.25) is 0 Å². The van der Waals surface area contributed by atoms with Crippen molar-refractivity contribution >= 4 is 11.6 Å². The fourth-order valence-corrected chi connectivity index (χ4v) is 2.83. The minimum Gasteiger partial charge on any atom is -0.345 e. The number of pyridine rings is 1. The van der Waals surface area contributed by atoms with Crippen molar-refractivity contribution in [2.24, 2.45) is 0 Å². The second-order valence-corrected chi connectivity index (χ2v) is 7.40. The Morgan fingerprint density at radius 1 is 1.12 bits per heavy atom. The van der Waals surface area contributed by atoms with E-state index in [0.717, 1.165) is 23.3 Å². The van der Waals surface area contributed by atoms with Gasteiger partial charge in [-0.15, -0.1) is 0 Å². The topological polar surface area (TPSA) is 46.4 Å². The maximum Gasteiger partial charge on any atom is 0.251 e. The van der Waals surface area contributed by atoms with Gasteiger partial charge in [-0.1, -0.05) is 52.0 Å². The summed E-state index contributed by atoms with van der Waals surface area (Å²) in [7, 11) is 0. The number of benzene rings is 1. The quantitative estimate of drug-likeness (QED) is 0.762. The van der Waals surface area contributed by atoms with Crippen molar-refractivity contribution < 1.29 is 4.79 Å². The number of hydrogen-bond acceptors (Lipinski definition) is 2. The van der Waals surface area contributed by atoms with Crippen molar-refractivity contribution in [3.8, 4) is 0 Å². The van der Waals surface area contributed by atoms with Crippen molar-refractivity contribution in [1.82, 2.24) is 14.7 Å². The first-order chi connectivity index (χ1) is 11.9. The number of nitrogens with zero attached hydrogens (tertiary/aromatic N) is 2. The molecule has 4 heteroatoms. The molecule has 0 bridgehead atoms. The lowest BCUT2D eigenvalue weighted by Gasteiger charge is -2.17. The molecule has 1 atom stereocenters. The van der Waals surface area contributed by atoms with Crippen LogP contribution in [0, 0.1) is 0 Å². The summed E-state index contributed by atoms with van der Waals surface area (Å²) in [5.74, 6) is -0.0476. The van der Waals surface area contributed by atoms with Crippen LogP contribution in [0.4, 0.5) is 0 Å². The zero-order chi connectivity index (χ0) is 18.0. The lowest BCUT2D eigenvalue weighted by atomic mass is 9.93. The first kappa shape index (κ1) is 17.2. The van der Waals surface area contributed by atoms with Crippen LogP contribution in [0.25, 0.3) is 5.65 Å². The summed E-state index contributed by atoms with van der Waals surface area (Å²) in [6, 6.07) is 13.4. The lowest BCUT2D eigenvalue weighted by Crippen LogP contribution is -2.28. The van der Waals surface area contributed by atoms with Gasteiger partial charge in [-0.05, 0) is 30.2 Å². The molecule has 130 valence electrons. The van der Waals surface area contributed by atoms with Gasteiger partial charge in [-0.2, -0.15) is 0 Å². The van der Waals surface area contributed by atoms with E-state index >= 15 is 0 Å². The van der Waals surface area contributed by atoms with E-state index in [4.69, 9.17) is 4.98 Å². The molecule has 0 radical (unpaired) electrons. The van der Waals surface area contributed by atoms with E-state index < -0.39 is 0 Å². The van der Waals surface area contributed by atoms with Crippen molar-refractivity contribution in [2.45, 2.75) is 45.6 Å². The Kier molecular flexibility index (Phi) is 4.62. The molecule has 0 spiro atoms. The number of hydrogen-bond donors (Lipinski definition) is 1. The molecule has 0 aliphatic heterocycles. The lowest BCUT2D eigenvalue weighted by molar-refractivity contribution is 0.0935. The van der Waals surface area contributed by atoms with Crippen LogP contribution in [0.1, 0.15) is 61.8 Å². The number of nitrogens with one attached hydrogen (secondary N) is 1. The molecule has 0 fully saturated rings. The molecule has 0 aliphatic rings. The molecule has 0 saturated heterocycles. The minimum atomic E-state index is -0.0476. The number of aromatic nitrogens is 2. The maximum absolute atomic E-state index is 12.5. The number of rotatable bonds is 4. The fraction of sp³-hybridized carbons (Fsp3) is 0.333. The Bertz CT molecular complexity index is 875. The Balaban J connectivity index is 1.86. The summed E-state index contributed by atoms with van der Waals surface area (Å²) in [6.07, 6.45) is 4.96. The summed E-state index contributed by atoms with van der Waals surface area (Å²) >= 11 is 0. The molecule has 0 aliphatic carbocycles. The Morgan fingerprint density at radius 2 is 1.84 bits per heavy atom. The first-order valence-electron chi connectivity index (χ1n) is 8.73. The largest absolute Gasteiger partial charge is 0.345 e. The second kappa shape index (κ2) is 6.71. The molecule has 4 nitrogen and oxygen atoms in total. The molecular formula is C21H25N3O. The van der Waals surface area contributed by atoms with Crippen LogP contribution in [0.3, 0.4) is 0 Å². The van der Waals surface area contributed by atoms with Crippen LogP contribution >= 0.6 is 0 Å². The average molecular weight is 335 g/mol. The van der Waals surface area contributed by atoms with Gasteiger partial charge in [0.15, 0.2) is 0 Å². The number of amides is 1. The highest BCUT2D eigenvalue weighted by molar-refractivity contribution is 5.94. The van der Waals surface area contributed by atoms with Crippen molar-refractivity contribution in [2.75, 3.05) is 0 Å². The van der Waals surface area contributed by atoms with Crippen LogP contribution in [-0.4, -0.2) is 15.3 Å². The van der Waals surface area contributed by atoms with Crippen molar-refractivity contribution in [3.63, 3.8) is 0 Å². The predicted octanol–water partition coefficient (Wildman–Crippen LogP) is 4.51. The van der Waals surface area contributed by atoms with Crippen LogP contribution in [0.15, 0.2) is 54.9 Å². The van der Waals surface area contributed by atoms with Crippen molar-refractivity contribution in [1.29, 1.82) is 0 Å². The highest BCUT2D eigenvalue weighted by Gasteiger charge is 2.19. The van der Waals surface area contributed by atoms with Crippen molar-refractivity contribution in [3.05, 3.63) is 71.7 Å². The monoisotopic (exact) mass is 335 g/mol. The van der Waals surface area contributed by atoms with Gasteiger partial charge in [0.05, 0.1) is 11.7 Å². The maximum atomic E-state index is 12.5. The third-order valence-electron chi connectivity index (χ3n) is 4.39. The van der Waals surface area contributed by atoms with Crippen LogP contribution < -0.4 is 5.32 Å². The SMILES string of the molecule is CC[C@H](NC(=O)c1ccccc1)c1ccc2nc(C(C)(C)C)cn2c1. The summed E-state index contributed by atoms with van der Waals surface area (Å²) in [5, 5.41) is 3.13. The molecule has 3 rings (SSSR count). The van der Waals surface area contributed by atoms with Gasteiger partial charge in [0.25, 0.3) is 5.91 Å². The van der Waals surface area contributed by atoms with Gasteiger partial charge in [-0.25, -0.2) is 4.98 Å². The summed E-state index contributed by atoms with van der Waals surface area (Å²) < 4.78 is 2.05. The van der Waals surface area contributed by atoms with Gasteiger partial charge in [0.1, 0.15) is 5.65 Å². The molecule has 2 aromatic heterocycles. The molecule has 25 heavy (non-hydrogen) atoms. The molecule has 1 N–H and O–H groups in total. The molecule has 1 amide bonds. The van der Waals surface area contributed by atoms with Gasteiger partial charge in [0, 0.05) is 23.4 Å². The van der Waals surface area contributed by atoms with E-state index in [-0.39, 0.29) is 17.4 Å². The van der Waals surface area contributed by atoms with Crippen LogP contribution in [0.5, 0.6) is 0 Å². The first-order valence-corrected chi connectivity index (χ1v) is 8.73. The third-order valence-corrected chi connectivity index (χ3v) is 4.39. The Hall–Kier alpha value is -2.62. The standard InChI is InChI=1S/C21H25N3O/c1-5-17(22-20(25)15-9-7-6-8-10-15)16-11-12-19-23-18(21(2,3)4)14-24(19)13-16/h6-14,17H,5H2,1-4H3,(H,22,25)/t17-/m0/s1. The highest BCUT2D eigenvalue weighted by Crippen LogP contribution is 2.23. The predicted molar refractivity (Wildman–Crippen MR) is 101 cm³/mol. The third kappa shape index (κ3) is 3.73. The van der Waals surface area contributed by atoms with Gasteiger partial charge in [-0.3, -0.25) is 4.79 Å². The smallest absolute Gasteiger partial charge is 0.251 e. The van der Waals surface area contributed by atoms with E-state index in [0.29, 0.717) is 5.56 Å². The molecule has 2 heterocycles. The minimum absolute atomic E-state index is 0.0118. The number of carbonyl (C=O) groups is 1. The van der Waals surface area contributed by atoms with E-state index in [1.165, 1.54) is 0 Å². The van der Waals surface area contributed by atoms with Gasteiger partial charge >= 0.3 is 0 Å². The zero-order valence-corrected chi connectivity index (χ0v) is 15.3.